The number of carbonyl (C=O) groups excluding carboxylic acids is 2. The number of rotatable bonds is 10. The zero-order valence-electron chi connectivity index (χ0n) is 24.7. The first kappa shape index (κ1) is 29.9. The number of Topliss-reactive ketones (excluding diaryl/α,β-unsaturated/α-hetero) is 1. The quantitative estimate of drug-likeness (QED) is 0.178. The van der Waals surface area contributed by atoms with Crippen LogP contribution in [0.1, 0.15) is 61.6 Å². The highest BCUT2D eigenvalue weighted by molar-refractivity contribution is 6.46. The molecule has 1 saturated heterocycles. The van der Waals surface area contributed by atoms with Crippen LogP contribution in [0.5, 0.6) is 11.5 Å². The standard InChI is InChI=1S/C34H39NO6/c1-7-40-28-17-14-25(20-27(28)34(3,4)5)31(36)29-30(35(18-19-39-6)33(38)32(29)37)24-12-15-26(16-13-24)41-21-23-10-8-22(2)9-11-23/h8-17,20,30,36H,7,18-19,21H2,1-6H3/b31-29-. The van der Waals surface area contributed by atoms with Gasteiger partial charge in [0.1, 0.15) is 23.9 Å². The molecule has 1 heterocycles. The number of ether oxygens (including phenoxy) is 3. The van der Waals surface area contributed by atoms with E-state index in [1.54, 1.807) is 19.2 Å². The number of aliphatic hydroxyl groups is 1. The van der Waals surface area contributed by atoms with Crippen molar-refractivity contribution >= 4 is 17.4 Å². The lowest BCUT2D eigenvalue weighted by atomic mass is 9.84. The van der Waals surface area contributed by atoms with Gasteiger partial charge in [0.05, 0.1) is 24.8 Å². The molecule has 3 aromatic carbocycles. The van der Waals surface area contributed by atoms with E-state index in [4.69, 9.17) is 14.2 Å². The van der Waals surface area contributed by atoms with Crippen LogP contribution in [0.3, 0.4) is 0 Å². The van der Waals surface area contributed by atoms with Crippen molar-refractivity contribution in [1.82, 2.24) is 4.90 Å². The minimum absolute atomic E-state index is 0.0449. The molecule has 1 N–H and O–H groups in total. The Morgan fingerprint density at radius 3 is 2.24 bits per heavy atom. The number of ketones is 1. The second kappa shape index (κ2) is 12.6. The predicted octanol–water partition coefficient (Wildman–Crippen LogP) is 6.34. The van der Waals surface area contributed by atoms with E-state index in [1.807, 2.05) is 68.4 Å². The Bertz CT molecular complexity index is 1420. The minimum atomic E-state index is -0.777. The average Bonchev–Trinajstić information content (AvgIpc) is 3.20. The molecular formula is C34H39NO6. The molecule has 0 spiro atoms. The van der Waals surface area contributed by atoms with Crippen molar-refractivity contribution in [1.29, 1.82) is 0 Å². The van der Waals surface area contributed by atoms with Crippen LogP contribution in [-0.2, 0) is 26.3 Å². The van der Waals surface area contributed by atoms with Crippen molar-refractivity contribution in [3.8, 4) is 11.5 Å². The monoisotopic (exact) mass is 557 g/mol. The van der Waals surface area contributed by atoms with Gasteiger partial charge in [0.15, 0.2) is 0 Å². The van der Waals surface area contributed by atoms with Crippen LogP contribution in [0.2, 0.25) is 0 Å². The first-order valence-corrected chi connectivity index (χ1v) is 13.9. The van der Waals surface area contributed by atoms with E-state index >= 15 is 0 Å². The molecule has 0 saturated carbocycles. The van der Waals surface area contributed by atoms with E-state index in [1.165, 1.54) is 10.5 Å². The van der Waals surface area contributed by atoms with Crippen molar-refractivity contribution in [3.05, 3.63) is 100 Å². The van der Waals surface area contributed by atoms with Crippen LogP contribution in [0, 0.1) is 6.92 Å². The lowest BCUT2D eigenvalue weighted by Crippen LogP contribution is -2.32. The largest absolute Gasteiger partial charge is 0.507 e. The third-order valence-corrected chi connectivity index (χ3v) is 7.16. The Kier molecular flexibility index (Phi) is 9.18. The van der Waals surface area contributed by atoms with Gasteiger partial charge in [-0.2, -0.15) is 0 Å². The number of aliphatic hydroxyl groups excluding tert-OH is 1. The molecule has 3 aromatic rings. The van der Waals surface area contributed by atoms with E-state index in [-0.39, 0.29) is 29.9 Å². The summed E-state index contributed by atoms with van der Waals surface area (Å²) < 4.78 is 17.0. The van der Waals surface area contributed by atoms with Crippen LogP contribution < -0.4 is 9.47 Å². The molecule has 0 radical (unpaired) electrons. The number of nitrogens with zero attached hydrogens (tertiary/aromatic N) is 1. The molecule has 0 aromatic heterocycles. The maximum atomic E-state index is 13.4. The summed E-state index contributed by atoms with van der Waals surface area (Å²) in [5.41, 5.74) is 4.03. The predicted molar refractivity (Wildman–Crippen MR) is 159 cm³/mol. The fraction of sp³-hybridized carbons (Fsp3) is 0.353. The molecule has 0 aliphatic carbocycles. The fourth-order valence-corrected chi connectivity index (χ4v) is 4.94. The highest BCUT2D eigenvalue weighted by Crippen LogP contribution is 2.41. The molecule has 1 fully saturated rings. The van der Waals surface area contributed by atoms with Crippen molar-refractivity contribution < 1.29 is 28.9 Å². The van der Waals surface area contributed by atoms with Crippen LogP contribution in [0.4, 0.5) is 0 Å². The number of carbonyl (C=O) groups is 2. The van der Waals surface area contributed by atoms with Crippen molar-refractivity contribution in [3.63, 3.8) is 0 Å². The van der Waals surface area contributed by atoms with Crippen LogP contribution in [-0.4, -0.2) is 48.6 Å². The van der Waals surface area contributed by atoms with Gasteiger partial charge in [-0.25, -0.2) is 0 Å². The van der Waals surface area contributed by atoms with Gasteiger partial charge in [0.25, 0.3) is 11.7 Å². The molecule has 4 rings (SSSR count). The van der Waals surface area contributed by atoms with Gasteiger partial charge in [-0.05, 0) is 60.7 Å². The lowest BCUT2D eigenvalue weighted by Gasteiger charge is -2.26. The highest BCUT2D eigenvalue weighted by atomic mass is 16.5. The molecule has 216 valence electrons. The van der Waals surface area contributed by atoms with E-state index < -0.39 is 17.7 Å². The zero-order valence-corrected chi connectivity index (χ0v) is 24.7. The summed E-state index contributed by atoms with van der Waals surface area (Å²) in [6.45, 7) is 11.5. The molecule has 1 amide bonds. The average molecular weight is 558 g/mol. The van der Waals surface area contributed by atoms with E-state index in [0.717, 1.165) is 16.9 Å². The smallest absolute Gasteiger partial charge is 0.295 e. The van der Waals surface area contributed by atoms with Gasteiger partial charge < -0.3 is 24.2 Å². The van der Waals surface area contributed by atoms with Gasteiger partial charge in [0.2, 0.25) is 0 Å². The molecule has 7 nitrogen and oxygen atoms in total. The minimum Gasteiger partial charge on any atom is -0.507 e. The molecular weight excluding hydrogens is 518 g/mol. The van der Waals surface area contributed by atoms with Gasteiger partial charge in [-0.15, -0.1) is 0 Å². The zero-order chi connectivity index (χ0) is 29.7. The Morgan fingerprint density at radius 2 is 1.63 bits per heavy atom. The number of hydrogen-bond donors (Lipinski definition) is 1. The summed E-state index contributed by atoms with van der Waals surface area (Å²) in [6.07, 6.45) is 0. The number of hydrogen-bond acceptors (Lipinski definition) is 6. The van der Waals surface area contributed by atoms with Crippen molar-refractivity contribution in [2.75, 3.05) is 26.9 Å². The summed E-state index contributed by atoms with van der Waals surface area (Å²) in [7, 11) is 1.54. The van der Waals surface area contributed by atoms with Gasteiger partial charge >= 0.3 is 0 Å². The van der Waals surface area contributed by atoms with Gasteiger partial charge in [-0.3, -0.25) is 9.59 Å². The third-order valence-electron chi connectivity index (χ3n) is 7.16. The van der Waals surface area contributed by atoms with E-state index in [2.05, 4.69) is 20.8 Å². The molecule has 7 heteroatoms. The number of methoxy groups -OCH3 is 1. The fourth-order valence-electron chi connectivity index (χ4n) is 4.94. The molecule has 0 bridgehead atoms. The van der Waals surface area contributed by atoms with Crippen LogP contribution >= 0.6 is 0 Å². The SMILES string of the molecule is CCOc1ccc(/C(O)=C2/C(=O)C(=O)N(CCOC)C2c2ccc(OCc3ccc(C)cc3)cc2)cc1C(C)(C)C. The maximum absolute atomic E-state index is 13.4. The molecule has 1 aliphatic heterocycles. The highest BCUT2D eigenvalue weighted by Gasteiger charge is 2.46. The number of likely N-dealkylation sites (tertiary alicyclic amines) is 1. The molecule has 1 aliphatic rings. The second-order valence-corrected chi connectivity index (χ2v) is 11.2. The molecule has 41 heavy (non-hydrogen) atoms. The number of benzene rings is 3. The molecule has 1 unspecified atom stereocenters. The topological polar surface area (TPSA) is 85.3 Å². The summed E-state index contributed by atoms with van der Waals surface area (Å²) in [6, 6.07) is 20.0. The van der Waals surface area contributed by atoms with E-state index in [0.29, 0.717) is 30.1 Å². The van der Waals surface area contributed by atoms with Crippen LogP contribution in [0.15, 0.2) is 72.3 Å². The van der Waals surface area contributed by atoms with Crippen molar-refractivity contribution in [2.45, 2.75) is 52.7 Å². The van der Waals surface area contributed by atoms with Crippen molar-refractivity contribution in [2.24, 2.45) is 0 Å². The first-order chi connectivity index (χ1) is 19.5. The number of aryl methyl sites for hydroxylation is 1. The molecule has 1 atom stereocenters. The Labute approximate surface area is 242 Å². The van der Waals surface area contributed by atoms with Gasteiger partial charge in [0, 0.05) is 24.8 Å². The number of amides is 1. The second-order valence-electron chi connectivity index (χ2n) is 11.2. The Morgan fingerprint density at radius 1 is 0.951 bits per heavy atom. The summed E-state index contributed by atoms with van der Waals surface area (Å²) in [4.78, 5) is 28.0. The van der Waals surface area contributed by atoms with E-state index in [9.17, 15) is 14.7 Å². The first-order valence-electron chi connectivity index (χ1n) is 13.9. The Hall–Kier alpha value is -4.10. The lowest BCUT2D eigenvalue weighted by molar-refractivity contribution is -0.140. The third kappa shape index (κ3) is 6.63. The summed E-state index contributed by atoms with van der Waals surface area (Å²) >= 11 is 0. The summed E-state index contributed by atoms with van der Waals surface area (Å²) in [5, 5.41) is 11.6. The van der Waals surface area contributed by atoms with Gasteiger partial charge in [-0.1, -0.05) is 62.7 Å². The summed E-state index contributed by atoms with van der Waals surface area (Å²) in [5.74, 6) is -0.245. The maximum Gasteiger partial charge on any atom is 0.295 e. The van der Waals surface area contributed by atoms with Crippen LogP contribution in [0.25, 0.3) is 5.76 Å². The normalized spacial score (nSPS) is 16.7. The Balaban J connectivity index is 1.72.